The molecule has 0 radical (unpaired) electrons. The lowest BCUT2D eigenvalue weighted by atomic mass is 10.0. The first kappa shape index (κ1) is 16.5. The number of benzene rings is 1. The summed E-state index contributed by atoms with van der Waals surface area (Å²) in [5.41, 5.74) is -2.44. The van der Waals surface area contributed by atoms with Gasteiger partial charge in [0.1, 0.15) is 29.3 Å². The van der Waals surface area contributed by atoms with Gasteiger partial charge in [-0.2, -0.15) is 0 Å². The second-order valence-electron chi connectivity index (χ2n) is 5.75. The zero-order valence-electron chi connectivity index (χ0n) is 13.2. The van der Waals surface area contributed by atoms with Gasteiger partial charge in [-0.05, 0) is 12.1 Å². The molecular formula is C16H9N3O8. The normalized spacial score (nSPS) is 11.6. The van der Waals surface area contributed by atoms with Crippen molar-refractivity contribution in [3.63, 3.8) is 0 Å². The predicted molar refractivity (Wildman–Crippen MR) is 88.8 cm³/mol. The van der Waals surface area contributed by atoms with Gasteiger partial charge in [0.05, 0.1) is 22.0 Å². The largest absolute Gasteiger partial charge is 0.478 e. The molecule has 0 bridgehead atoms. The number of aliphatic hydroxyl groups excluding tert-OH is 1. The Labute approximate surface area is 147 Å². The van der Waals surface area contributed by atoms with Crippen LogP contribution in [0.5, 0.6) is 0 Å². The molecule has 3 heterocycles. The van der Waals surface area contributed by atoms with Gasteiger partial charge in [-0.3, -0.25) is 9.20 Å². The van der Waals surface area contributed by atoms with Gasteiger partial charge in [0.15, 0.2) is 0 Å². The molecular weight excluding hydrogens is 362 g/mol. The number of aliphatic hydroxyl groups is 1. The van der Waals surface area contributed by atoms with Crippen molar-refractivity contribution < 1.29 is 34.8 Å². The van der Waals surface area contributed by atoms with Crippen LogP contribution in [0.1, 0.15) is 37.2 Å². The summed E-state index contributed by atoms with van der Waals surface area (Å²) in [6, 6.07) is 1.93. The van der Waals surface area contributed by atoms with Crippen LogP contribution < -0.4 is 5.43 Å². The highest BCUT2D eigenvalue weighted by Crippen LogP contribution is 2.32. The van der Waals surface area contributed by atoms with Crippen LogP contribution >= 0.6 is 0 Å². The fraction of sp³-hybridized carbons (Fsp3) is 0.0625. The quantitative estimate of drug-likeness (QED) is 0.338. The summed E-state index contributed by atoms with van der Waals surface area (Å²) in [7, 11) is 0. The number of fused-ring (bicyclic) bond motifs is 2. The first-order valence-electron chi connectivity index (χ1n) is 7.43. The number of carboxylic acids is 3. The van der Waals surface area contributed by atoms with E-state index in [4.69, 9.17) is 5.11 Å². The number of rotatable bonds is 4. The summed E-state index contributed by atoms with van der Waals surface area (Å²) >= 11 is 0. The number of aromatic nitrogens is 3. The van der Waals surface area contributed by atoms with Crippen molar-refractivity contribution in [2.75, 3.05) is 0 Å². The monoisotopic (exact) mass is 371 g/mol. The minimum Gasteiger partial charge on any atom is -0.478 e. The van der Waals surface area contributed by atoms with Crippen LogP contribution in [0.15, 0.2) is 16.9 Å². The van der Waals surface area contributed by atoms with Crippen molar-refractivity contribution in [2.24, 2.45) is 0 Å². The van der Waals surface area contributed by atoms with E-state index in [-0.39, 0.29) is 38.8 Å². The maximum atomic E-state index is 12.8. The van der Waals surface area contributed by atoms with Gasteiger partial charge in [0, 0.05) is 5.39 Å². The molecule has 11 nitrogen and oxygen atoms in total. The third-order valence-electron chi connectivity index (χ3n) is 4.32. The van der Waals surface area contributed by atoms with Gasteiger partial charge in [-0.15, -0.1) is 0 Å². The number of nitrogens with zero attached hydrogens (tertiary/aromatic N) is 2. The molecule has 4 rings (SSSR count). The molecule has 11 heteroatoms. The fourth-order valence-corrected chi connectivity index (χ4v) is 3.27. The molecule has 5 N–H and O–H groups in total. The Morgan fingerprint density at radius 2 is 1.78 bits per heavy atom. The number of aromatic carboxylic acids is 3. The van der Waals surface area contributed by atoms with E-state index in [9.17, 15) is 34.5 Å². The van der Waals surface area contributed by atoms with Crippen molar-refractivity contribution in [2.45, 2.75) is 6.61 Å². The van der Waals surface area contributed by atoms with E-state index in [1.165, 1.54) is 0 Å². The first-order valence-corrected chi connectivity index (χ1v) is 7.43. The lowest BCUT2D eigenvalue weighted by Crippen LogP contribution is -2.13. The van der Waals surface area contributed by atoms with Gasteiger partial charge in [-0.1, -0.05) is 0 Å². The molecule has 0 saturated heterocycles. The van der Waals surface area contributed by atoms with E-state index >= 15 is 0 Å². The van der Waals surface area contributed by atoms with Crippen molar-refractivity contribution in [1.29, 1.82) is 0 Å². The molecule has 0 aliphatic heterocycles. The smallest absolute Gasteiger partial charge is 0.352 e. The number of carboxylic acid groups (broad SMARTS) is 3. The highest BCUT2D eigenvalue weighted by atomic mass is 16.4. The SMILES string of the molecule is O=C(O)c1cc2c(=O)c3nc(CO)n4c(C(=O)O)cc(C(=O)O)c(c2[nH]1)c34. The molecule has 27 heavy (non-hydrogen) atoms. The van der Waals surface area contributed by atoms with Crippen LogP contribution in [0.3, 0.4) is 0 Å². The number of pyridine rings is 1. The average Bonchev–Trinajstić information content (AvgIpc) is 3.21. The summed E-state index contributed by atoms with van der Waals surface area (Å²) < 4.78 is 0.988. The van der Waals surface area contributed by atoms with Crippen molar-refractivity contribution >= 4 is 45.2 Å². The molecule has 0 saturated carbocycles. The third-order valence-corrected chi connectivity index (χ3v) is 4.32. The minimum absolute atomic E-state index is 0.0615. The van der Waals surface area contributed by atoms with Gasteiger partial charge >= 0.3 is 17.9 Å². The summed E-state index contributed by atoms with van der Waals surface area (Å²) in [6.07, 6.45) is 0. The highest BCUT2D eigenvalue weighted by Gasteiger charge is 2.28. The molecule has 0 fully saturated rings. The van der Waals surface area contributed by atoms with Gasteiger partial charge < -0.3 is 25.4 Å². The molecule has 0 aliphatic carbocycles. The van der Waals surface area contributed by atoms with Crippen molar-refractivity contribution in [3.05, 3.63) is 45.1 Å². The molecule has 0 unspecified atom stereocenters. The number of nitrogens with one attached hydrogen (secondary N) is 1. The molecule has 136 valence electrons. The maximum absolute atomic E-state index is 12.8. The number of hydrogen-bond acceptors (Lipinski definition) is 6. The van der Waals surface area contributed by atoms with E-state index in [0.29, 0.717) is 0 Å². The summed E-state index contributed by atoms with van der Waals surface area (Å²) in [4.78, 5) is 53.8. The standard InChI is InChI=1S/C16H9N3O8/c20-3-8-18-11-12-9(4(14(22)23)2-7(16(26)27)19(8)12)10-5(13(11)21)1-6(17-10)15(24)25/h1-2,17,20H,3H2,(H,22,23)(H,24,25)(H,26,27). The third kappa shape index (κ3) is 2.02. The highest BCUT2D eigenvalue weighted by molar-refractivity contribution is 6.20. The number of carbonyl (C=O) groups is 3. The molecule has 1 aromatic carbocycles. The predicted octanol–water partition coefficient (Wildman–Crippen LogP) is 0.354. The van der Waals surface area contributed by atoms with Crippen LogP contribution in [0.4, 0.5) is 0 Å². The van der Waals surface area contributed by atoms with Crippen LogP contribution in [0, 0.1) is 0 Å². The van der Waals surface area contributed by atoms with E-state index in [1.54, 1.807) is 0 Å². The summed E-state index contributed by atoms with van der Waals surface area (Å²) in [6.45, 7) is -0.700. The van der Waals surface area contributed by atoms with E-state index in [2.05, 4.69) is 9.97 Å². The zero-order chi connectivity index (χ0) is 19.6. The van der Waals surface area contributed by atoms with Crippen molar-refractivity contribution in [1.82, 2.24) is 14.4 Å². The number of hydrogen-bond donors (Lipinski definition) is 5. The van der Waals surface area contributed by atoms with Crippen LogP contribution in [-0.4, -0.2) is 52.7 Å². The first-order chi connectivity index (χ1) is 12.8. The van der Waals surface area contributed by atoms with Crippen LogP contribution in [-0.2, 0) is 6.61 Å². The van der Waals surface area contributed by atoms with Crippen LogP contribution in [0.2, 0.25) is 0 Å². The van der Waals surface area contributed by atoms with E-state index < -0.39 is 41.2 Å². The molecule has 0 amide bonds. The van der Waals surface area contributed by atoms with E-state index in [1.807, 2.05) is 0 Å². The minimum atomic E-state index is -1.49. The van der Waals surface area contributed by atoms with Gasteiger partial charge in [0.25, 0.3) is 0 Å². The number of H-pyrrole nitrogens is 1. The Balaban J connectivity index is 2.41. The topological polar surface area (TPSA) is 182 Å². The lowest BCUT2D eigenvalue weighted by Gasteiger charge is -2.10. The Morgan fingerprint density at radius 1 is 1.07 bits per heavy atom. The summed E-state index contributed by atoms with van der Waals surface area (Å²) in [5.74, 6) is -4.48. The zero-order valence-corrected chi connectivity index (χ0v) is 13.2. The van der Waals surface area contributed by atoms with Crippen molar-refractivity contribution in [3.8, 4) is 0 Å². The Hall–Kier alpha value is -3.99. The fourth-order valence-electron chi connectivity index (χ4n) is 3.27. The second-order valence-corrected chi connectivity index (χ2v) is 5.75. The maximum Gasteiger partial charge on any atom is 0.352 e. The molecule has 4 aromatic rings. The molecule has 0 spiro atoms. The van der Waals surface area contributed by atoms with Gasteiger partial charge in [-0.25, -0.2) is 19.4 Å². The molecule has 0 aliphatic rings. The Bertz CT molecular complexity index is 1360. The Morgan fingerprint density at radius 3 is 2.33 bits per heavy atom. The lowest BCUT2D eigenvalue weighted by molar-refractivity contribution is 0.0677. The number of imidazole rings is 1. The number of aromatic amines is 1. The average molecular weight is 371 g/mol. The molecule has 0 atom stereocenters. The van der Waals surface area contributed by atoms with Crippen LogP contribution in [0.25, 0.3) is 27.3 Å². The van der Waals surface area contributed by atoms with E-state index in [0.717, 1.165) is 16.5 Å². The van der Waals surface area contributed by atoms with Gasteiger partial charge in [0.2, 0.25) is 5.43 Å². The second kappa shape index (κ2) is 5.25. The Kier molecular flexibility index (Phi) is 3.21. The summed E-state index contributed by atoms with van der Waals surface area (Å²) in [5, 5.41) is 37.5. The molecule has 3 aromatic heterocycles.